The molecule has 2 aromatic rings. The van der Waals surface area contributed by atoms with Gasteiger partial charge in [-0.1, -0.05) is 6.92 Å². The Morgan fingerprint density at radius 1 is 1.25 bits per heavy atom. The quantitative estimate of drug-likeness (QED) is 0.884. The third kappa shape index (κ3) is 3.74. The van der Waals surface area contributed by atoms with E-state index in [1.54, 1.807) is 5.38 Å². The number of rotatable bonds is 5. The topological polar surface area (TPSA) is 79.8 Å². The van der Waals surface area contributed by atoms with Crippen LogP contribution in [0.4, 0.5) is 11.1 Å². The highest BCUT2D eigenvalue weighted by atomic mass is 32.1. The van der Waals surface area contributed by atoms with Gasteiger partial charge in [0, 0.05) is 23.3 Å². The van der Waals surface area contributed by atoms with Crippen LogP contribution in [0.2, 0.25) is 0 Å². The van der Waals surface area contributed by atoms with Crippen molar-refractivity contribution in [2.45, 2.75) is 27.2 Å². The Morgan fingerprint density at radius 3 is 2.60 bits per heavy atom. The summed E-state index contributed by atoms with van der Waals surface area (Å²) in [6.07, 6.45) is 0.900. The summed E-state index contributed by atoms with van der Waals surface area (Å²) in [5.41, 5.74) is 2.19. The van der Waals surface area contributed by atoms with Crippen LogP contribution in [0.15, 0.2) is 11.4 Å². The first-order valence-corrected chi connectivity index (χ1v) is 7.29. The molecule has 0 radical (unpaired) electrons. The molecule has 7 heteroatoms. The second-order valence-electron chi connectivity index (χ2n) is 4.39. The second-order valence-corrected chi connectivity index (χ2v) is 5.25. The number of aryl methyl sites for hydroxylation is 2. The number of carbonyl (C=O) groups is 1. The van der Waals surface area contributed by atoms with Crippen molar-refractivity contribution in [1.82, 2.24) is 20.3 Å². The van der Waals surface area contributed by atoms with E-state index in [1.165, 1.54) is 11.3 Å². The maximum Gasteiger partial charge on any atom is 0.270 e. The average molecular weight is 291 g/mol. The monoisotopic (exact) mass is 291 g/mol. The maximum absolute atomic E-state index is 11.8. The van der Waals surface area contributed by atoms with Crippen LogP contribution < -0.4 is 10.6 Å². The van der Waals surface area contributed by atoms with Crippen molar-refractivity contribution in [2.75, 3.05) is 11.9 Å². The fourth-order valence-corrected chi connectivity index (χ4v) is 2.33. The van der Waals surface area contributed by atoms with Crippen molar-refractivity contribution in [3.8, 4) is 0 Å². The number of nitrogens with zero attached hydrogens (tertiary/aromatic N) is 3. The molecule has 0 aliphatic rings. The first-order chi connectivity index (χ1) is 9.58. The molecule has 0 saturated heterocycles. The minimum Gasteiger partial charge on any atom is -0.351 e. The Hall–Kier alpha value is -2.02. The van der Waals surface area contributed by atoms with Crippen molar-refractivity contribution in [3.05, 3.63) is 28.5 Å². The molecular weight excluding hydrogens is 274 g/mol. The van der Waals surface area contributed by atoms with Crippen molar-refractivity contribution < 1.29 is 4.79 Å². The number of anilines is 2. The van der Waals surface area contributed by atoms with Crippen LogP contribution in [0, 0.1) is 13.8 Å². The van der Waals surface area contributed by atoms with Gasteiger partial charge in [0.05, 0.1) is 0 Å². The molecule has 20 heavy (non-hydrogen) atoms. The zero-order chi connectivity index (χ0) is 14.5. The molecule has 0 spiro atoms. The Labute approximate surface area is 121 Å². The van der Waals surface area contributed by atoms with Gasteiger partial charge in [-0.25, -0.2) is 15.0 Å². The van der Waals surface area contributed by atoms with Gasteiger partial charge >= 0.3 is 0 Å². The van der Waals surface area contributed by atoms with Crippen molar-refractivity contribution in [2.24, 2.45) is 0 Å². The van der Waals surface area contributed by atoms with E-state index in [4.69, 9.17) is 0 Å². The van der Waals surface area contributed by atoms with Crippen LogP contribution in [0.5, 0.6) is 0 Å². The molecule has 0 unspecified atom stereocenters. The van der Waals surface area contributed by atoms with Crippen LogP contribution in [-0.4, -0.2) is 27.4 Å². The molecule has 0 aromatic carbocycles. The molecule has 1 amide bonds. The number of thiazole rings is 1. The number of hydrogen-bond donors (Lipinski definition) is 2. The predicted octanol–water partition coefficient (Wildman–Crippen LogP) is 2.43. The lowest BCUT2D eigenvalue weighted by molar-refractivity contribution is 0.0949. The Kier molecular flexibility index (Phi) is 4.62. The SMILES string of the molecule is CCCNC(=O)c1csc(Nc2nc(C)cc(C)n2)n1. The highest BCUT2D eigenvalue weighted by molar-refractivity contribution is 7.14. The molecule has 0 bridgehead atoms. The fourth-order valence-electron chi connectivity index (χ4n) is 1.64. The minimum atomic E-state index is -0.155. The molecule has 2 rings (SSSR count). The summed E-state index contributed by atoms with van der Waals surface area (Å²) in [6, 6.07) is 1.90. The smallest absolute Gasteiger partial charge is 0.270 e. The lowest BCUT2D eigenvalue weighted by atomic mass is 10.4. The molecule has 6 nitrogen and oxygen atoms in total. The summed E-state index contributed by atoms with van der Waals surface area (Å²) in [4.78, 5) is 24.5. The Bertz CT molecular complexity index is 590. The largest absolute Gasteiger partial charge is 0.351 e. The lowest BCUT2D eigenvalue weighted by Gasteiger charge is -2.03. The van der Waals surface area contributed by atoms with Gasteiger partial charge < -0.3 is 10.6 Å². The number of aromatic nitrogens is 3. The van der Waals surface area contributed by atoms with E-state index in [0.29, 0.717) is 23.3 Å². The fraction of sp³-hybridized carbons (Fsp3) is 0.385. The van der Waals surface area contributed by atoms with E-state index in [9.17, 15) is 4.79 Å². The van der Waals surface area contributed by atoms with E-state index in [1.807, 2.05) is 26.8 Å². The summed E-state index contributed by atoms with van der Waals surface area (Å²) in [5.74, 6) is 0.342. The highest BCUT2D eigenvalue weighted by Crippen LogP contribution is 2.19. The average Bonchev–Trinajstić information content (AvgIpc) is 2.83. The second kappa shape index (κ2) is 6.42. The molecule has 0 aliphatic heterocycles. The molecule has 2 heterocycles. The van der Waals surface area contributed by atoms with Crippen LogP contribution in [0.25, 0.3) is 0 Å². The van der Waals surface area contributed by atoms with Gasteiger partial charge in [-0.3, -0.25) is 4.79 Å². The Morgan fingerprint density at radius 2 is 1.95 bits per heavy atom. The van der Waals surface area contributed by atoms with E-state index in [2.05, 4.69) is 25.6 Å². The van der Waals surface area contributed by atoms with Gasteiger partial charge in [-0.15, -0.1) is 11.3 Å². The lowest BCUT2D eigenvalue weighted by Crippen LogP contribution is -2.24. The Balaban J connectivity index is 2.07. The molecule has 2 N–H and O–H groups in total. The highest BCUT2D eigenvalue weighted by Gasteiger charge is 2.10. The standard InChI is InChI=1S/C13H17N5OS/c1-4-5-14-11(19)10-7-20-13(17-10)18-12-15-8(2)6-9(3)16-12/h6-7H,4-5H2,1-3H3,(H,14,19)(H,15,16,17,18). The van der Waals surface area contributed by atoms with Gasteiger partial charge in [0.1, 0.15) is 5.69 Å². The van der Waals surface area contributed by atoms with Gasteiger partial charge in [0.15, 0.2) is 5.13 Å². The molecular formula is C13H17N5OS. The van der Waals surface area contributed by atoms with Gasteiger partial charge in [0.2, 0.25) is 5.95 Å². The third-order valence-corrected chi connectivity index (χ3v) is 3.23. The van der Waals surface area contributed by atoms with Crippen LogP contribution in [0.3, 0.4) is 0 Å². The van der Waals surface area contributed by atoms with Gasteiger partial charge in [-0.05, 0) is 26.3 Å². The van der Waals surface area contributed by atoms with Crippen molar-refractivity contribution in [1.29, 1.82) is 0 Å². The third-order valence-electron chi connectivity index (χ3n) is 2.47. The molecule has 106 valence electrons. The summed E-state index contributed by atoms with van der Waals surface area (Å²) < 4.78 is 0. The summed E-state index contributed by atoms with van der Waals surface area (Å²) >= 11 is 1.35. The molecule has 0 fully saturated rings. The van der Waals surface area contributed by atoms with E-state index >= 15 is 0 Å². The molecule has 0 atom stereocenters. The number of amides is 1. The molecule has 0 aliphatic carbocycles. The van der Waals surface area contributed by atoms with Gasteiger partial charge in [-0.2, -0.15) is 0 Å². The predicted molar refractivity (Wildman–Crippen MR) is 79.5 cm³/mol. The van der Waals surface area contributed by atoms with E-state index < -0.39 is 0 Å². The first kappa shape index (κ1) is 14.4. The first-order valence-electron chi connectivity index (χ1n) is 6.41. The summed E-state index contributed by atoms with van der Waals surface area (Å²) in [6.45, 7) is 6.47. The van der Waals surface area contributed by atoms with E-state index in [0.717, 1.165) is 17.8 Å². The van der Waals surface area contributed by atoms with Crippen LogP contribution >= 0.6 is 11.3 Å². The summed E-state index contributed by atoms with van der Waals surface area (Å²) in [7, 11) is 0. The molecule has 0 saturated carbocycles. The van der Waals surface area contributed by atoms with Crippen molar-refractivity contribution >= 4 is 28.3 Å². The van der Waals surface area contributed by atoms with Gasteiger partial charge in [0.25, 0.3) is 5.91 Å². The zero-order valence-electron chi connectivity index (χ0n) is 11.7. The minimum absolute atomic E-state index is 0.155. The van der Waals surface area contributed by atoms with Crippen LogP contribution in [-0.2, 0) is 0 Å². The normalized spacial score (nSPS) is 10.3. The van der Waals surface area contributed by atoms with E-state index in [-0.39, 0.29) is 5.91 Å². The van der Waals surface area contributed by atoms with Crippen LogP contribution in [0.1, 0.15) is 35.2 Å². The maximum atomic E-state index is 11.8. The number of hydrogen-bond acceptors (Lipinski definition) is 6. The molecule has 2 aromatic heterocycles. The number of nitrogens with one attached hydrogen (secondary N) is 2. The number of carbonyl (C=O) groups excluding carboxylic acids is 1. The summed E-state index contributed by atoms with van der Waals surface area (Å²) in [5, 5.41) is 8.14. The van der Waals surface area contributed by atoms with Crippen molar-refractivity contribution in [3.63, 3.8) is 0 Å². The zero-order valence-corrected chi connectivity index (χ0v) is 12.5.